The number of hydrogen-bond acceptors (Lipinski definition) is 6. The van der Waals surface area contributed by atoms with Gasteiger partial charge in [-0.1, -0.05) is 0 Å². The van der Waals surface area contributed by atoms with Gasteiger partial charge in [-0.05, 0) is 17.3 Å². The summed E-state index contributed by atoms with van der Waals surface area (Å²) in [6, 6.07) is 4.06. The van der Waals surface area contributed by atoms with Crippen molar-refractivity contribution in [1.29, 1.82) is 5.26 Å². The predicted octanol–water partition coefficient (Wildman–Crippen LogP) is 1.46. The quantitative estimate of drug-likeness (QED) is 0.821. The molecule has 0 aliphatic rings. The fourth-order valence-corrected chi connectivity index (χ4v) is 1.42. The second kappa shape index (κ2) is 5.75. The Labute approximate surface area is 111 Å². The van der Waals surface area contributed by atoms with Crippen molar-refractivity contribution < 1.29 is 13.5 Å². The fraction of sp³-hybridized carbons (Fsp3) is 0.0909. The van der Waals surface area contributed by atoms with Crippen molar-refractivity contribution in [3.63, 3.8) is 0 Å². The topological polar surface area (TPSA) is 99.5 Å². The van der Waals surface area contributed by atoms with Gasteiger partial charge in [-0.15, -0.1) is 10.2 Å². The summed E-state index contributed by atoms with van der Waals surface area (Å²) in [6.07, 6.45) is 1.24. The molecule has 2 rings (SSSR count). The van der Waals surface area contributed by atoms with Gasteiger partial charge in [-0.2, -0.15) is 14.9 Å². The van der Waals surface area contributed by atoms with Gasteiger partial charge in [0.15, 0.2) is 11.6 Å². The number of ether oxygens (including phenoxy) is 1. The molecule has 1 aromatic heterocycles. The van der Waals surface area contributed by atoms with Crippen LogP contribution in [0.2, 0.25) is 0 Å². The molecule has 102 valence electrons. The minimum Gasteiger partial charge on any atom is -0.491 e. The number of nitriles is 1. The Kier molecular flexibility index (Phi) is 3.85. The lowest BCUT2D eigenvalue weighted by Crippen LogP contribution is -1.99. The first-order valence-electron chi connectivity index (χ1n) is 5.30. The number of methoxy groups -OCH3 is 1. The lowest BCUT2D eigenvalue weighted by atomic mass is 10.2. The Morgan fingerprint density at radius 1 is 1.50 bits per heavy atom. The average molecular weight is 278 g/mol. The molecular weight excluding hydrogens is 270 g/mol. The van der Waals surface area contributed by atoms with E-state index in [2.05, 4.69) is 25.9 Å². The standard InChI is InChI=1S/C11H8F2N6O/c1-20-10-8(3-2-7(12)9(10)13)15-5-6(4-14)11-16-18-19-17-11/h2-3,5,15H,1H3,(H,16,17,18,19). The molecule has 7 nitrogen and oxygen atoms in total. The number of aromatic amines is 1. The first-order chi connectivity index (χ1) is 9.67. The van der Waals surface area contributed by atoms with Crippen molar-refractivity contribution in [2.45, 2.75) is 0 Å². The number of benzene rings is 1. The molecule has 20 heavy (non-hydrogen) atoms. The van der Waals surface area contributed by atoms with Gasteiger partial charge in [0.25, 0.3) is 0 Å². The maximum atomic E-state index is 13.5. The van der Waals surface area contributed by atoms with Crippen LogP contribution in [0.5, 0.6) is 5.75 Å². The van der Waals surface area contributed by atoms with Crippen LogP contribution in [-0.4, -0.2) is 27.7 Å². The van der Waals surface area contributed by atoms with Crippen molar-refractivity contribution in [3.8, 4) is 11.8 Å². The number of anilines is 1. The third-order valence-corrected chi connectivity index (χ3v) is 2.33. The molecule has 0 amide bonds. The molecule has 9 heteroatoms. The van der Waals surface area contributed by atoms with Gasteiger partial charge in [0.2, 0.25) is 11.6 Å². The zero-order chi connectivity index (χ0) is 14.5. The van der Waals surface area contributed by atoms with Gasteiger partial charge < -0.3 is 10.1 Å². The molecule has 0 unspecified atom stereocenters. The number of halogens is 2. The summed E-state index contributed by atoms with van der Waals surface area (Å²) < 4.78 is 31.3. The highest BCUT2D eigenvalue weighted by molar-refractivity contribution is 5.74. The first-order valence-corrected chi connectivity index (χ1v) is 5.30. The van der Waals surface area contributed by atoms with Crippen LogP contribution in [0.1, 0.15) is 5.82 Å². The first kappa shape index (κ1) is 13.4. The highest BCUT2D eigenvalue weighted by Crippen LogP contribution is 2.29. The number of tetrazole rings is 1. The largest absolute Gasteiger partial charge is 0.491 e. The van der Waals surface area contributed by atoms with Crippen LogP contribution in [0.4, 0.5) is 14.5 Å². The molecule has 0 radical (unpaired) electrons. The number of H-pyrrole nitrogens is 1. The van der Waals surface area contributed by atoms with Crippen molar-refractivity contribution in [1.82, 2.24) is 20.6 Å². The second-order valence-electron chi connectivity index (χ2n) is 3.49. The predicted molar refractivity (Wildman–Crippen MR) is 64.3 cm³/mol. The third-order valence-electron chi connectivity index (χ3n) is 2.33. The molecule has 0 aliphatic heterocycles. The molecule has 1 aromatic carbocycles. The molecule has 0 saturated carbocycles. The zero-order valence-electron chi connectivity index (χ0n) is 10.2. The van der Waals surface area contributed by atoms with Gasteiger partial charge in [-0.3, -0.25) is 0 Å². The van der Waals surface area contributed by atoms with Crippen LogP contribution < -0.4 is 10.1 Å². The van der Waals surface area contributed by atoms with Crippen molar-refractivity contribution >= 4 is 11.3 Å². The minimum atomic E-state index is -1.12. The van der Waals surface area contributed by atoms with E-state index in [4.69, 9.17) is 10.00 Å². The van der Waals surface area contributed by atoms with Crippen molar-refractivity contribution in [2.24, 2.45) is 0 Å². The molecule has 0 saturated heterocycles. The number of allylic oxidation sites excluding steroid dienone is 1. The van der Waals surface area contributed by atoms with Crippen molar-refractivity contribution in [2.75, 3.05) is 12.4 Å². The SMILES string of the molecule is COc1c(NC=C(C#N)c2nn[nH]n2)ccc(F)c1F. The number of hydrogen-bond donors (Lipinski definition) is 2. The lowest BCUT2D eigenvalue weighted by molar-refractivity contribution is 0.374. The summed E-state index contributed by atoms with van der Waals surface area (Å²) in [5.41, 5.74) is 0.216. The molecule has 0 aliphatic carbocycles. The zero-order valence-corrected chi connectivity index (χ0v) is 10.2. The summed E-state index contributed by atoms with van der Waals surface area (Å²) in [5, 5.41) is 24.4. The van der Waals surface area contributed by atoms with E-state index in [-0.39, 0.29) is 22.8 Å². The Morgan fingerprint density at radius 3 is 2.90 bits per heavy atom. The Hall–Kier alpha value is -3.02. The third kappa shape index (κ3) is 2.54. The molecule has 2 aromatic rings. The molecule has 2 N–H and O–H groups in total. The molecule has 0 spiro atoms. The highest BCUT2D eigenvalue weighted by atomic mass is 19.2. The fourth-order valence-electron chi connectivity index (χ4n) is 1.42. The van der Waals surface area contributed by atoms with Gasteiger partial charge in [0, 0.05) is 6.20 Å². The van der Waals surface area contributed by atoms with E-state index in [1.54, 1.807) is 0 Å². The maximum absolute atomic E-state index is 13.5. The average Bonchev–Trinajstić information content (AvgIpc) is 2.97. The number of nitrogens with zero attached hydrogens (tertiary/aromatic N) is 4. The monoisotopic (exact) mass is 278 g/mol. The molecule has 0 fully saturated rings. The number of rotatable bonds is 4. The smallest absolute Gasteiger partial charge is 0.216 e. The summed E-state index contributed by atoms with van der Waals surface area (Å²) in [6.45, 7) is 0. The molecule has 1 heterocycles. The van der Waals surface area contributed by atoms with E-state index in [1.165, 1.54) is 19.4 Å². The van der Waals surface area contributed by atoms with E-state index in [1.807, 2.05) is 6.07 Å². The van der Waals surface area contributed by atoms with Gasteiger partial charge in [0.1, 0.15) is 11.6 Å². The summed E-state index contributed by atoms with van der Waals surface area (Å²) >= 11 is 0. The number of nitrogens with one attached hydrogen (secondary N) is 2. The lowest BCUT2D eigenvalue weighted by Gasteiger charge is -2.09. The summed E-state index contributed by atoms with van der Waals surface area (Å²) in [4.78, 5) is 0. The van der Waals surface area contributed by atoms with E-state index < -0.39 is 11.6 Å². The van der Waals surface area contributed by atoms with E-state index in [9.17, 15) is 8.78 Å². The van der Waals surface area contributed by atoms with Gasteiger partial charge in [-0.25, -0.2) is 4.39 Å². The minimum absolute atomic E-state index is 0.0607. The van der Waals surface area contributed by atoms with Gasteiger partial charge in [0.05, 0.1) is 12.8 Å². The van der Waals surface area contributed by atoms with E-state index in [0.717, 1.165) is 6.07 Å². The summed E-state index contributed by atoms with van der Waals surface area (Å²) in [5.74, 6) is -2.38. The van der Waals surface area contributed by atoms with Crippen molar-refractivity contribution in [3.05, 3.63) is 35.8 Å². The number of aromatic nitrogens is 4. The molecule has 0 atom stereocenters. The Bertz CT molecular complexity index is 677. The van der Waals surface area contributed by atoms with E-state index >= 15 is 0 Å². The van der Waals surface area contributed by atoms with Crippen LogP contribution >= 0.6 is 0 Å². The van der Waals surface area contributed by atoms with Crippen LogP contribution in [0.25, 0.3) is 5.57 Å². The van der Waals surface area contributed by atoms with Crippen LogP contribution in [0, 0.1) is 23.0 Å². The van der Waals surface area contributed by atoms with Crippen LogP contribution in [0.3, 0.4) is 0 Å². The Balaban J connectivity index is 2.31. The van der Waals surface area contributed by atoms with Crippen LogP contribution in [-0.2, 0) is 0 Å². The normalized spacial score (nSPS) is 11.0. The summed E-state index contributed by atoms with van der Waals surface area (Å²) in [7, 11) is 1.21. The molecule has 0 bridgehead atoms. The van der Waals surface area contributed by atoms with E-state index in [0.29, 0.717) is 0 Å². The van der Waals surface area contributed by atoms with Gasteiger partial charge >= 0.3 is 0 Å². The Morgan fingerprint density at radius 2 is 2.30 bits per heavy atom. The molecular formula is C11H8F2N6O. The highest BCUT2D eigenvalue weighted by Gasteiger charge is 2.14. The maximum Gasteiger partial charge on any atom is 0.216 e. The van der Waals surface area contributed by atoms with Crippen LogP contribution in [0.15, 0.2) is 18.3 Å². The second-order valence-corrected chi connectivity index (χ2v) is 3.49.